The molecule has 17 heavy (non-hydrogen) atoms. The van der Waals surface area contributed by atoms with Gasteiger partial charge in [0.2, 0.25) is 0 Å². The van der Waals surface area contributed by atoms with Crippen molar-refractivity contribution < 1.29 is 0 Å². The minimum Gasteiger partial charge on any atom is -0.130 e. The Morgan fingerprint density at radius 1 is 0.647 bits per heavy atom. The molecule has 2 aliphatic rings. The van der Waals surface area contributed by atoms with Crippen LogP contribution in [0.2, 0.25) is 11.1 Å². The molecule has 0 aromatic rings. The van der Waals surface area contributed by atoms with Crippen LogP contribution in [0, 0.1) is 0 Å². The van der Waals surface area contributed by atoms with Crippen LogP contribution < -0.4 is 0 Å². The average Bonchev–Trinajstić information content (AvgIpc) is 2.43. The molecule has 0 N–H and O–H groups in total. The first-order chi connectivity index (χ1) is 8.33. The summed E-state index contributed by atoms with van der Waals surface area (Å²) in [7, 11) is -1.41. The van der Waals surface area contributed by atoms with Gasteiger partial charge < -0.3 is 0 Å². The number of halogens is 2. The second-order valence-corrected chi connectivity index (χ2v) is 12.4. The molecule has 0 nitrogen and oxygen atoms in total. The van der Waals surface area contributed by atoms with E-state index in [1.165, 1.54) is 64.2 Å². The molecule has 0 radical (unpaired) electrons. The molecule has 0 amide bonds. The van der Waals surface area contributed by atoms with Crippen LogP contribution in [0.25, 0.3) is 0 Å². The molecule has 0 aliphatic heterocycles. The lowest BCUT2D eigenvalue weighted by atomic mass is 9.99. The molecule has 2 saturated carbocycles. The third-order valence-electron chi connectivity index (χ3n) is 5.33. The Morgan fingerprint density at radius 3 is 1.29 bits per heavy atom. The van der Waals surface area contributed by atoms with Crippen molar-refractivity contribution in [3.8, 4) is 0 Å². The molecule has 0 aromatic carbocycles. The van der Waals surface area contributed by atoms with E-state index in [9.17, 15) is 0 Å². The standard InChI is InChI=1S/C14H26Cl2Si/c15-11-17(12-16,13-7-3-1-4-8-13)14-9-5-2-6-10-14/h13-14H,1-12H2. The number of hydrogen-bond acceptors (Lipinski definition) is 0. The quantitative estimate of drug-likeness (QED) is 0.463. The molecule has 0 saturated heterocycles. The van der Waals surface area contributed by atoms with Gasteiger partial charge in [-0.3, -0.25) is 0 Å². The van der Waals surface area contributed by atoms with Gasteiger partial charge >= 0.3 is 0 Å². The number of hydrogen-bond donors (Lipinski definition) is 0. The van der Waals surface area contributed by atoms with Gasteiger partial charge in [0.25, 0.3) is 0 Å². The first-order valence-corrected chi connectivity index (χ1v) is 11.1. The Morgan fingerprint density at radius 2 is 1.00 bits per heavy atom. The molecular formula is C14H26Cl2Si. The molecular weight excluding hydrogens is 267 g/mol. The van der Waals surface area contributed by atoms with Crippen LogP contribution in [-0.2, 0) is 0 Å². The van der Waals surface area contributed by atoms with E-state index in [0.717, 1.165) is 22.1 Å². The molecule has 100 valence electrons. The van der Waals surface area contributed by atoms with Crippen molar-refractivity contribution in [2.75, 3.05) is 11.0 Å². The summed E-state index contributed by atoms with van der Waals surface area (Å²) in [5.41, 5.74) is 3.72. The molecule has 2 aliphatic carbocycles. The van der Waals surface area contributed by atoms with E-state index in [0.29, 0.717) is 0 Å². The SMILES string of the molecule is ClC[Si](CCl)(C1CCCCC1)C1CCCCC1. The summed E-state index contributed by atoms with van der Waals surface area (Å²) >= 11 is 12.9. The smallest absolute Gasteiger partial charge is 0.0919 e. The summed E-state index contributed by atoms with van der Waals surface area (Å²) in [5, 5.41) is 0. The van der Waals surface area contributed by atoms with Gasteiger partial charge in [0, 0.05) is 11.0 Å². The van der Waals surface area contributed by atoms with Crippen molar-refractivity contribution in [1.29, 1.82) is 0 Å². The first kappa shape index (κ1) is 14.2. The van der Waals surface area contributed by atoms with Crippen molar-refractivity contribution >= 4 is 31.3 Å². The maximum atomic E-state index is 6.47. The molecule has 2 fully saturated rings. The highest BCUT2D eigenvalue weighted by Gasteiger charge is 2.46. The zero-order chi connectivity index (χ0) is 12.1. The fraction of sp³-hybridized carbons (Fsp3) is 1.00. The summed E-state index contributed by atoms with van der Waals surface area (Å²) in [4.78, 5) is 0. The summed E-state index contributed by atoms with van der Waals surface area (Å²) in [6, 6.07) is 0. The fourth-order valence-corrected chi connectivity index (χ4v) is 12.4. The van der Waals surface area contributed by atoms with Crippen molar-refractivity contribution in [3.63, 3.8) is 0 Å². The number of alkyl halides is 2. The van der Waals surface area contributed by atoms with Crippen molar-refractivity contribution in [3.05, 3.63) is 0 Å². The van der Waals surface area contributed by atoms with E-state index in [4.69, 9.17) is 23.2 Å². The van der Waals surface area contributed by atoms with Crippen LogP contribution in [-0.4, -0.2) is 19.1 Å². The second-order valence-electron chi connectivity index (χ2n) is 6.17. The minimum absolute atomic E-state index is 0.922. The van der Waals surface area contributed by atoms with E-state index in [2.05, 4.69) is 0 Å². The molecule has 0 aromatic heterocycles. The lowest BCUT2D eigenvalue weighted by molar-refractivity contribution is 0.453. The van der Waals surface area contributed by atoms with Gasteiger partial charge in [-0.25, -0.2) is 0 Å². The van der Waals surface area contributed by atoms with E-state index in [-0.39, 0.29) is 0 Å². The van der Waals surface area contributed by atoms with Crippen LogP contribution in [0.15, 0.2) is 0 Å². The lowest BCUT2D eigenvalue weighted by Crippen LogP contribution is -2.51. The fourth-order valence-electron chi connectivity index (χ4n) is 4.16. The normalized spacial score (nSPS) is 25.1. The van der Waals surface area contributed by atoms with Crippen molar-refractivity contribution in [1.82, 2.24) is 0 Å². The topological polar surface area (TPSA) is 0 Å². The highest BCUT2D eigenvalue weighted by Crippen LogP contribution is 2.48. The van der Waals surface area contributed by atoms with Gasteiger partial charge in [-0.2, -0.15) is 0 Å². The van der Waals surface area contributed by atoms with Crippen LogP contribution in [0.1, 0.15) is 64.2 Å². The minimum atomic E-state index is -1.41. The van der Waals surface area contributed by atoms with Gasteiger partial charge in [0.15, 0.2) is 0 Å². The van der Waals surface area contributed by atoms with Gasteiger partial charge in [0.05, 0.1) is 8.07 Å². The largest absolute Gasteiger partial charge is 0.130 e. The summed E-state index contributed by atoms with van der Waals surface area (Å²) in [6.45, 7) is 0. The molecule has 3 heteroatoms. The molecule has 0 heterocycles. The molecule has 2 rings (SSSR count). The van der Waals surface area contributed by atoms with Crippen molar-refractivity contribution in [2.24, 2.45) is 0 Å². The molecule has 0 atom stereocenters. The summed E-state index contributed by atoms with van der Waals surface area (Å²) < 4.78 is 0. The number of rotatable bonds is 4. The summed E-state index contributed by atoms with van der Waals surface area (Å²) in [5.74, 6) is 0. The average molecular weight is 293 g/mol. The Hall–Kier alpha value is 0.797. The molecule has 0 bridgehead atoms. The van der Waals surface area contributed by atoms with Gasteiger partial charge in [-0.15, -0.1) is 23.2 Å². The Labute approximate surface area is 117 Å². The Kier molecular flexibility index (Phi) is 5.70. The van der Waals surface area contributed by atoms with Crippen LogP contribution in [0.5, 0.6) is 0 Å². The van der Waals surface area contributed by atoms with Gasteiger partial charge in [0.1, 0.15) is 0 Å². The Balaban J connectivity index is 2.10. The maximum Gasteiger partial charge on any atom is 0.0919 e. The third-order valence-corrected chi connectivity index (χ3v) is 13.7. The first-order valence-electron chi connectivity index (χ1n) is 7.45. The predicted octanol–water partition coefficient (Wildman–Crippen LogP) is 5.66. The van der Waals surface area contributed by atoms with E-state index < -0.39 is 8.07 Å². The van der Waals surface area contributed by atoms with E-state index in [1.54, 1.807) is 0 Å². The van der Waals surface area contributed by atoms with Gasteiger partial charge in [-0.05, 0) is 11.1 Å². The molecule has 0 unspecified atom stereocenters. The monoisotopic (exact) mass is 292 g/mol. The highest BCUT2D eigenvalue weighted by molar-refractivity contribution is 6.91. The van der Waals surface area contributed by atoms with E-state index >= 15 is 0 Å². The van der Waals surface area contributed by atoms with Gasteiger partial charge in [-0.1, -0.05) is 64.2 Å². The van der Waals surface area contributed by atoms with Crippen LogP contribution >= 0.6 is 23.2 Å². The summed E-state index contributed by atoms with van der Waals surface area (Å²) in [6.07, 6.45) is 14.3. The highest BCUT2D eigenvalue weighted by atomic mass is 35.5. The van der Waals surface area contributed by atoms with Crippen LogP contribution in [0.4, 0.5) is 0 Å². The zero-order valence-corrected chi connectivity index (χ0v) is 13.4. The Bertz CT molecular complexity index is 196. The van der Waals surface area contributed by atoms with Crippen LogP contribution in [0.3, 0.4) is 0 Å². The third kappa shape index (κ3) is 3.04. The van der Waals surface area contributed by atoms with E-state index in [1.807, 2.05) is 0 Å². The predicted molar refractivity (Wildman–Crippen MR) is 80.9 cm³/mol. The lowest BCUT2D eigenvalue weighted by Gasteiger charge is -2.45. The second kappa shape index (κ2) is 6.82. The maximum absolute atomic E-state index is 6.47. The van der Waals surface area contributed by atoms with Crippen molar-refractivity contribution in [2.45, 2.75) is 75.3 Å². The molecule has 0 spiro atoms. The zero-order valence-electron chi connectivity index (χ0n) is 10.9.